The number of hydrogen-bond donors (Lipinski definition) is 2. The molecule has 0 unspecified atom stereocenters. The molecule has 0 spiro atoms. The van der Waals surface area contributed by atoms with Gasteiger partial charge >= 0.3 is 0 Å². The Kier molecular flexibility index (Phi) is 6.33. The predicted octanol–water partition coefficient (Wildman–Crippen LogP) is 4.07. The van der Waals surface area contributed by atoms with Crippen molar-refractivity contribution in [3.63, 3.8) is 0 Å². The molecule has 1 fully saturated rings. The second kappa shape index (κ2) is 9.49. The van der Waals surface area contributed by atoms with Crippen LogP contribution in [0.2, 0.25) is 0 Å². The number of carbonyl (C=O) groups is 1. The molecular weight excluding hydrogens is 388 g/mol. The molecule has 2 aromatic heterocycles. The van der Waals surface area contributed by atoms with Crippen LogP contribution in [0.5, 0.6) is 0 Å². The van der Waals surface area contributed by atoms with E-state index < -0.39 is 0 Å². The Morgan fingerprint density at radius 2 is 2.10 bits per heavy atom. The van der Waals surface area contributed by atoms with Crippen LogP contribution in [-0.4, -0.2) is 45.3 Å². The zero-order valence-corrected chi connectivity index (χ0v) is 17.6. The number of nitrogens with one attached hydrogen (secondary N) is 2. The number of pyridine rings is 1. The van der Waals surface area contributed by atoms with E-state index in [0.717, 1.165) is 41.7 Å². The smallest absolute Gasteiger partial charge is 0.276 e. The Labute approximate surface area is 181 Å². The van der Waals surface area contributed by atoms with E-state index in [1.54, 1.807) is 25.4 Å². The molecule has 1 saturated heterocycles. The van der Waals surface area contributed by atoms with Gasteiger partial charge in [-0.15, -0.1) is 0 Å². The molecule has 0 bridgehead atoms. The molecule has 0 radical (unpaired) electrons. The molecule has 1 aliphatic rings. The average Bonchev–Trinajstić information content (AvgIpc) is 3.43. The molecule has 4 rings (SSSR count). The van der Waals surface area contributed by atoms with Crippen LogP contribution in [0.25, 0.3) is 22.0 Å². The lowest BCUT2D eigenvalue weighted by Gasteiger charge is -2.14. The second-order valence-corrected chi connectivity index (χ2v) is 7.70. The summed E-state index contributed by atoms with van der Waals surface area (Å²) in [7, 11) is 0. The topological polar surface area (TPSA) is 86.3 Å². The van der Waals surface area contributed by atoms with Crippen molar-refractivity contribution < 1.29 is 4.79 Å². The molecule has 0 atom stereocenters. The van der Waals surface area contributed by atoms with Crippen molar-refractivity contribution in [2.24, 2.45) is 4.99 Å². The summed E-state index contributed by atoms with van der Waals surface area (Å²) in [5, 5.41) is 10.7. The molecule has 0 aliphatic carbocycles. The average molecular weight is 415 g/mol. The van der Waals surface area contributed by atoms with Gasteiger partial charge in [-0.25, -0.2) is 0 Å². The van der Waals surface area contributed by atoms with Crippen molar-refractivity contribution in [1.29, 1.82) is 0 Å². The minimum atomic E-state index is -0.285. The van der Waals surface area contributed by atoms with Crippen LogP contribution in [0, 0.1) is 0 Å². The molecule has 7 nitrogen and oxygen atoms in total. The van der Waals surface area contributed by atoms with Crippen molar-refractivity contribution in [3.8, 4) is 11.1 Å². The van der Waals surface area contributed by atoms with E-state index >= 15 is 0 Å². The number of fused-ring (bicyclic) bond motifs is 1. The number of allylic oxidation sites excluding steroid dienone is 2. The highest BCUT2D eigenvalue weighted by molar-refractivity contribution is 6.06. The highest BCUT2D eigenvalue weighted by Crippen LogP contribution is 2.26. The second-order valence-electron chi connectivity index (χ2n) is 7.70. The monoisotopic (exact) mass is 414 g/mol. The highest BCUT2D eigenvalue weighted by atomic mass is 16.1. The zero-order chi connectivity index (χ0) is 21.6. The van der Waals surface area contributed by atoms with E-state index in [9.17, 15) is 4.79 Å². The van der Waals surface area contributed by atoms with Gasteiger partial charge in [-0.3, -0.25) is 24.8 Å². The van der Waals surface area contributed by atoms with E-state index in [-0.39, 0.29) is 5.91 Å². The number of nitrogens with zero attached hydrogens (tertiary/aromatic N) is 4. The minimum absolute atomic E-state index is 0.285. The fourth-order valence-electron chi connectivity index (χ4n) is 3.78. The van der Waals surface area contributed by atoms with Gasteiger partial charge in [0.05, 0.1) is 5.52 Å². The molecule has 31 heavy (non-hydrogen) atoms. The zero-order valence-electron chi connectivity index (χ0n) is 17.6. The molecule has 1 aliphatic heterocycles. The first kappa shape index (κ1) is 20.7. The molecule has 1 amide bonds. The van der Waals surface area contributed by atoms with E-state index in [4.69, 9.17) is 0 Å². The van der Waals surface area contributed by atoms with Gasteiger partial charge in [0.1, 0.15) is 0 Å². The molecule has 158 valence electrons. The molecule has 2 N–H and O–H groups in total. The number of benzene rings is 1. The summed E-state index contributed by atoms with van der Waals surface area (Å²) in [4.78, 5) is 23.7. The quantitative estimate of drug-likeness (QED) is 0.571. The van der Waals surface area contributed by atoms with Crippen LogP contribution in [0.3, 0.4) is 0 Å². The lowest BCUT2D eigenvalue weighted by molar-refractivity contribution is 0.0962. The van der Waals surface area contributed by atoms with Crippen LogP contribution in [-0.2, 0) is 6.54 Å². The van der Waals surface area contributed by atoms with Crippen LogP contribution < -0.4 is 5.32 Å². The molecule has 7 heteroatoms. The summed E-state index contributed by atoms with van der Waals surface area (Å²) in [5.74, 6) is -0.285. The summed E-state index contributed by atoms with van der Waals surface area (Å²) in [6, 6.07) is 8.13. The number of rotatable bonds is 7. The fraction of sp³-hybridized carbons (Fsp3) is 0.250. The molecular formula is C24H26N6O. The summed E-state index contributed by atoms with van der Waals surface area (Å²) in [5.41, 5.74) is 5.00. The summed E-state index contributed by atoms with van der Waals surface area (Å²) in [6.07, 6.45) is 11.0. The minimum Gasteiger partial charge on any atom is -0.323 e. The number of aliphatic imine (C=N–C) groups is 1. The molecule has 1 aromatic carbocycles. The van der Waals surface area contributed by atoms with Crippen molar-refractivity contribution in [2.45, 2.75) is 26.3 Å². The third kappa shape index (κ3) is 4.95. The first-order chi connectivity index (χ1) is 15.1. The number of H-pyrrole nitrogens is 1. The molecule has 0 saturated carbocycles. The lowest BCUT2D eigenvalue weighted by Crippen LogP contribution is -2.21. The largest absolute Gasteiger partial charge is 0.323 e. The standard InChI is InChI=1S/C24H26N6O/c1-3-8-25-13-17(2)27-24(31)23-21-12-19(6-7-22(21)28-29-23)20-11-18(14-26-15-20)16-30-9-4-5-10-30/h3,6-8,11-15H,1,4-5,9-10,16H2,2H3,(H,27,31)(H,28,29)/b17-13+,25-8?. The van der Waals surface area contributed by atoms with E-state index in [2.05, 4.69) is 43.0 Å². The Morgan fingerprint density at radius 1 is 1.26 bits per heavy atom. The van der Waals surface area contributed by atoms with Crippen molar-refractivity contribution >= 4 is 23.0 Å². The Morgan fingerprint density at radius 3 is 2.90 bits per heavy atom. The maximum Gasteiger partial charge on any atom is 0.276 e. The maximum atomic E-state index is 12.7. The normalized spacial score (nSPS) is 15.1. The number of carbonyl (C=O) groups excluding carboxylic acids is 1. The fourth-order valence-corrected chi connectivity index (χ4v) is 3.78. The van der Waals surface area contributed by atoms with E-state index in [1.807, 2.05) is 30.6 Å². The van der Waals surface area contributed by atoms with Gasteiger partial charge in [0.15, 0.2) is 5.69 Å². The van der Waals surface area contributed by atoms with Gasteiger partial charge in [0, 0.05) is 48.0 Å². The van der Waals surface area contributed by atoms with Crippen molar-refractivity contribution in [3.05, 3.63) is 72.5 Å². The highest BCUT2D eigenvalue weighted by Gasteiger charge is 2.16. The SMILES string of the molecule is C=CC=N/C=C(\C)NC(=O)c1n[nH]c2ccc(-c3cncc(CN4CCCC4)c3)cc12. The first-order valence-corrected chi connectivity index (χ1v) is 10.4. The molecule has 3 heterocycles. The van der Waals surface area contributed by atoms with Crippen molar-refractivity contribution in [2.75, 3.05) is 13.1 Å². The van der Waals surface area contributed by atoms with Gasteiger partial charge in [-0.1, -0.05) is 18.7 Å². The van der Waals surface area contributed by atoms with Gasteiger partial charge < -0.3 is 5.32 Å². The summed E-state index contributed by atoms with van der Waals surface area (Å²) in [6.45, 7) is 8.56. The Balaban J connectivity index is 1.58. The van der Waals surface area contributed by atoms with Crippen LogP contribution in [0.15, 0.2) is 66.2 Å². The molecule has 3 aromatic rings. The van der Waals surface area contributed by atoms with Crippen LogP contribution in [0.4, 0.5) is 0 Å². The number of hydrogen-bond acceptors (Lipinski definition) is 5. The van der Waals surface area contributed by atoms with E-state index in [1.165, 1.54) is 18.4 Å². The van der Waals surface area contributed by atoms with Gasteiger partial charge in [0.25, 0.3) is 5.91 Å². The first-order valence-electron chi connectivity index (χ1n) is 10.4. The Hall–Kier alpha value is -3.58. The van der Waals surface area contributed by atoms with E-state index in [0.29, 0.717) is 11.4 Å². The predicted molar refractivity (Wildman–Crippen MR) is 124 cm³/mol. The Bertz CT molecular complexity index is 1150. The van der Waals surface area contributed by atoms with Gasteiger partial charge in [-0.05, 0) is 62.2 Å². The van der Waals surface area contributed by atoms with Crippen LogP contribution in [0.1, 0.15) is 35.8 Å². The number of likely N-dealkylation sites (tertiary alicyclic amines) is 1. The number of aromatic amines is 1. The third-order valence-corrected chi connectivity index (χ3v) is 5.28. The lowest BCUT2D eigenvalue weighted by atomic mass is 10.0. The number of aromatic nitrogens is 3. The summed E-state index contributed by atoms with van der Waals surface area (Å²) < 4.78 is 0. The van der Waals surface area contributed by atoms with Gasteiger partial charge in [0.2, 0.25) is 0 Å². The number of amides is 1. The van der Waals surface area contributed by atoms with Crippen molar-refractivity contribution in [1.82, 2.24) is 25.4 Å². The maximum absolute atomic E-state index is 12.7. The van der Waals surface area contributed by atoms with Crippen LogP contribution >= 0.6 is 0 Å². The third-order valence-electron chi connectivity index (χ3n) is 5.28. The van der Waals surface area contributed by atoms with Gasteiger partial charge in [-0.2, -0.15) is 5.10 Å². The summed E-state index contributed by atoms with van der Waals surface area (Å²) >= 11 is 0.